The van der Waals surface area contributed by atoms with E-state index in [2.05, 4.69) is 62.5 Å². The molecule has 1 aromatic heterocycles. The van der Waals surface area contributed by atoms with Gasteiger partial charge in [0.05, 0.1) is 11.7 Å². The summed E-state index contributed by atoms with van der Waals surface area (Å²) < 4.78 is 1.87. The number of aromatic nitrogens is 2. The van der Waals surface area contributed by atoms with Crippen LogP contribution in [0.1, 0.15) is 35.3 Å². The van der Waals surface area contributed by atoms with Crippen LogP contribution in [0.2, 0.25) is 0 Å². The minimum atomic E-state index is 0.263. The van der Waals surface area contributed by atoms with Crippen LogP contribution in [0.25, 0.3) is 0 Å². The highest BCUT2D eigenvalue weighted by Gasteiger charge is 2.12. The molecule has 0 aliphatic carbocycles. The number of aryl methyl sites for hydroxylation is 3. The zero-order valence-electron chi connectivity index (χ0n) is 11.8. The van der Waals surface area contributed by atoms with Crippen molar-refractivity contribution < 1.29 is 0 Å². The molecule has 1 aromatic carbocycles. The number of rotatable bonds is 3. The van der Waals surface area contributed by atoms with E-state index in [-0.39, 0.29) is 6.04 Å². The predicted octanol–water partition coefficient (Wildman–Crippen LogP) is 3.52. The van der Waals surface area contributed by atoms with Crippen molar-refractivity contribution in [2.45, 2.75) is 33.7 Å². The number of anilines is 1. The van der Waals surface area contributed by atoms with E-state index in [1.807, 2.05) is 11.7 Å². The molecular weight excluding hydrogens is 222 g/mol. The first-order valence-electron chi connectivity index (χ1n) is 6.32. The zero-order valence-corrected chi connectivity index (χ0v) is 11.8. The van der Waals surface area contributed by atoms with E-state index in [0.717, 1.165) is 5.69 Å². The van der Waals surface area contributed by atoms with E-state index in [9.17, 15) is 0 Å². The highest BCUT2D eigenvalue weighted by Crippen LogP contribution is 2.25. The van der Waals surface area contributed by atoms with Crippen molar-refractivity contribution in [1.29, 1.82) is 0 Å². The third-order valence-corrected chi connectivity index (χ3v) is 3.49. The molecule has 0 aliphatic rings. The predicted molar refractivity (Wildman–Crippen MR) is 75.9 cm³/mol. The second-order valence-corrected chi connectivity index (χ2v) is 4.96. The highest BCUT2D eigenvalue weighted by molar-refractivity contribution is 5.55. The second kappa shape index (κ2) is 4.84. The topological polar surface area (TPSA) is 29.9 Å². The van der Waals surface area contributed by atoms with Crippen LogP contribution in [-0.4, -0.2) is 9.78 Å². The van der Waals surface area contributed by atoms with Crippen molar-refractivity contribution >= 4 is 5.69 Å². The van der Waals surface area contributed by atoms with Crippen LogP contribution >= 0.6 is 0 Å². The fourth-order valence-electron chi connectivity index (χ4n) is 2.26. The summed E-state index contributed by atoms with van der Waals surface area (Å²) in [4.78, 5) is 0. The van der Waals surface area contributed by atoms with Gasteiger partial charge in [0.25, 0.3) is 0 Å². The molecule has 18 heavy (non-hydrogen) atoms. The average Bonchev–Trinajstić information content (AvgIpc) is 2.64. The minimum Gasteiger partial charge on any atom is -0.378 e. The molecule has 3 heteroatoms. The van der Waals surface area contributed by atoms with Crippen LogP contribution < -0.4 is 5.32 Å². The molecule has 96 valence electrons. The van der Waals surface area contributed by atoms with Gasteiger partial charge in [0.2, 0.25) is 0 Å². The Balaban J connectivity index is 2.24. The van der Waals surface area contributed by atoms with Crippen LogP contribution in [-0.2, 0) is 7.05 Å². The SMILES string of the molecule is Cc1cccc(NC(C)c2cn(C)nc2C)c1C. The third-order valence-electron chi connectivity index (χ3n) is 3.49. The van der Waals surface area contributed by atoms with Crippen molar-refractivity contribution in [2.24, 2.45) is 7.05 Å². The smallest absolute Gasteiger partial charge is 0.0646 e. The van der Waals surface area contributed by atoms with Gasteiger partial charge in [-0.05, 0) is 44.9 Å². The molecule has 3 nitrogen and oxygen atoms in total. The summed E-state index contributed by atoms with van der Waals surface area (Å²) in [7, 11) is 1.96. The summed E-state index contributed by atoms with van der Waals surface area (Å²) in [6.45, 7) is 8.52. The lowest BCUT2D eigenvalue weighted by Gasteiger charge is -2.17. The summed E-state index contributed by atoms with van der Waals surface area (Å²) in [5.41, 5.74) is 6.16. The lowest BCUT2D eigenvalue weighted by molar-refractivity contribution is 0.756. The van der Waals surface area contributed by atoms with Gasteiger partial charge in [-0.25, -0.2) is 0 Å². The Kier molecular flexibility index (Phi) is 3.41. The minimum absolute atomic E-state index is 0.263. The molecule has 0 saturated carbocycles. The Morgan fingerprint density at radius 3 is 2.56 bits per heavy atom. The van der Waals surface area contributed by atoms with Crippen LogP contribution in [0.5, 0.6) is 0 Å². The summed E-state index contributed by atoms with van der Waals surface area (Å²) >= 11 is 0. The molecule has 0 saturated heterocycles. The van der Waals surface area contributed by atoms with Gasteiger partial charge in [-0.1, -0.05) is 12.1 Å². The summed E-state index contributed by atoms with van der Waals surface area (Å²) in [5, 5.41) is 7.96. The van der Waals surface area contributed by atoms with E-state index >= 15 is 0 Å². The lowest BCUT2D eigenvalue weighted by Crippen LogP contribution is -2.08. The molecular formula is C15H21N3. The van der Waals surface area contributed by atoms with E-state index in [4.69, 9.17) is 0 Å². The Labute approximate surface area is 109 Å². The monoisotopic (exact) mass is 243 g/mol. The molecule has 0 bridgehead atoms. The van der Waals surface area contributed by atoms with E-state index in [0.29, 0.717) is 0 Å². The van der Waals surface area contributed by atoms with Gasteiger partial charge in [-0.3, -0.25) is 4.68 Å². The Morgan fingerprint density at radius 2 is 1.94 bits per heavy atom. The molecule has 1 heterocycles. The number of hydrogen-bond acceptors (Lipinski definition) is 2. The first-order valence-corrected chi connectivity index (χ1v) is 6.32. The number of benzene rings is 1. The van der Waals surface area contributed by atoms with Crippen LogP contribution in [0, 0.1) is 20.8 Å². The van der Waals surface area contributed by atoms with Gasteiger partial charge in [0, 0.05) is 24.5 Å². The molecule has 0 radical (unpaired) electrons. The molecule has 1 atom stereocenters. The van der Waals surface area contributed by atoms with Crippen LogP contribution in [0.4, 0.5) is 5.69 Å². The van der Waals surface area contributed by atoms with Gasteiger partial charge >= 0.3 is 0 Å². The van der Waals surface area contributed by atoms with Gasteiger partial charge in [-0.15, -0.1) is 0 Å². The largest absolute Gasteiger partial charge is 0.378 e. The van der Waals surface area contributed by atoms with Crippen molar-refractivity contribution in [3.63, 3.8) is 0 Å². The standard InChI is InChI=1S/C15H21N3/c1-10-7-6-8-15(11(10)2)16-12(3)14-9-18(5)17-13(14)4/h6-9,12,16H,1-5H3. The van der Waals surface area contributed by atoms with E-state index in [1.54, 1.807) is 0 Å². The van der Waals surface area contributed by atoms with Gasteiger partial charge in [-0.2, -0.15) is 5.10 Å². The summed E-state index contributed by atoms with van der Waals surface area (Å²) in [6, 6.07) is 6.62. The fourth-order valence-corrected chi connectivity index (χ4v) is 2.26. The first kappa shape index (κ1) is 12.7. The van der Waals surface area contributed by atoms with Crippen molar-refractivity contribution in [3.05, 3.63) is 46.8 Å². The molecule has 0 amide bonds. The van der Waals surface area contributed by atoms with Gasteiger partial charge < -0.3 is 5.32 Å². The van der Waals surface area contributed by atoms with E-state index < -0.39 is 0 Å². The Morgan fingerprint density at radius 1 is 1.22 bits per heavy atom. The van der Waals surface area contributed by atoms with Crippen LogP contribution in [0.3, 0.4) is 0 Å². The maximum Gasteiger partial charge on any atom is 0.0646 e. The highest BCUT2D eigenvalue weighted by atomic mass is 15.3. The van der Waals surface area contributed by atoms with Crippen molar-refractivity contribution in [3.8, 4) is 0 Å². The van der Waals surface area contributed by atoms with Gasteiger partial charge in [0.15, 0.2) is 0 Å². The Bertz CT molecular complexity index is 555. The molecule has 0 fully saturated rings. The normalized spacial score (nSPS) is 12.5. The zero-order chi connectivity index (χ0) is 13.3. The molecule has 2 aromatic rings. The average molecular weight is 243 g/mol. The summed E-state index contributed by atoms with van der Waals surface area (Å²) in [6.07, 6.45) is 2.08. The molecule has 0 spiro atoms. The Hall–Kier alpha value is -1.77. The van der Waals surface area contributed by atoms with E-state index in [1.165, 1.54) is 22.4 Å². The van der Waals surface area contributed by atoms with Crippen LogP contribution in [0.15, 0.2) is 24.4 Å². The number of hydrogen-bond donors (Lipinski definition) is 1. The van der Waals surface area contributed by atoms with Gasteiger partial charge in [0.1, 0.15) is 0 Å². The lowest BCUT2D eigenvalue weighted by atomic mass is 10.1. The summed E-state index contributed by atoms with van der Waals surface area (Å²) in [5.74, 6) is 0. The molecule has 1 unspecified atom stereocenters. The third kappa shape index (κ3) is 2.40. The molecule has 1 N–H and O–H groups in total. The second-order valence-electron chi connectivity index (χ2n) is 4.96. The number of nitrogens with zero attached hydrogens (tertiary/aromatic N) is 2. The first-order chi connectivity index (χ1) is 8.49. The molecule has 2 rings (SSSR count). The fraction of sp³-hybridized carbons (Fsp3) is 0.400. The quantitative estimate of drug-likeness (QED) is 0.894. The maximum absolute atomic E-state index is 4.39. The van der Waals surface area contributed by atoms with Crippen molar-refractivity contribution in [1.82, 2.24) is 9.78 Å². The van der Waals surface area contributed by atoms with Crippen molar-refractivity contribution in [2.75, 3.05) is 5.32 Å². The molecule has 0 aliphatic heterocycles. The maximum atomic E-state index is 4.39. The number of nitrogens with one attached hydrogen (secondary N) is 1.